The summed E-state index contributed by atoms with van der Waals surface area (Å²) in [4.78, 5) is 30.0. The molecule has 3 rings (SSSR count). The fourth-order valence-corrected chi connectivity index (χ4v) is 4.30. The molecule has 1 aliphatic carbocycles. The van der Waals surface area contributed by atoms with Gasteiger partial charge in [0.1, 0.15) is 0 Å². The van der Waals surface area contributed by atoms with Crippen molar-refractivity contribution >= 4 is 28.6 Å². The number of fused-ring (bicyclic) bond motifs is 1. The molecule has 1 saturated carbocycles. The molecule has 0 aliphatic heterocycles. The molecule has 0 saturated heterocycles. The van der Waals surface area contributed by atoms with E-state index in [1.165, 1.54) is 11.8 Å². The molecule has 1 aromatic heterocycles. The van der Waals surface area contributed by atoms with Crippen molar-refractivity contribution in [3.8, 4) is 0 Å². The van der Waals surface area contributed by atoms with E-state index in [0.29, 0.717) is 22.6 Å². The number of carbonyl (C=O) groups excluding carboxylic acids is 1. The first-order valence-electron chi connectivity index (χ1n) is 9.07. The average molecular weight is 359 g/mol. The standard InChI is InChI=1S/C19H25N3O2S/c1-3-12-20-17(23)13(2)25-19-21-16-11-7-6-10-15(16)18(24)22(19)14-8-4-5-9-14/h6-7,10-11,13-14H,3-5,8-9,12H2,1-2H3,(H,20,23)/t13-/m0/s1. The molecule has 0 unspecified atom stereocenters. The van der Waals surface area contributed by atoms with Crippen molar-refractivity contribution < 1.29 is 4.79 Å². The summed E-state index contributed by atoms with van der Waals surface area (Å²) in [6.07, 6.45) is 5.19. The Labute approximate surface area is 152 Å². The third kappa shape index (κ3) is 3.89. The molecule has 6 heteroatoms. The van der Waals surface area contributed by atoms with Gasteiger partial charge in [-0.25, -0.2) is 4.98 Å². The molecule has 1 atom stereocenters. The van der Waals surface area contributed by atoms with E-state index in [-0.39, 0.29) is 22.8 Å². The van der Waals surface area contributed by atoms with Crippen molar-refractivity contribution in [2.45, 2.75) is 62.4 Å². The highest BCUT2D eigenvalue weighted by Crippen LogP contribution is 2.33. The number of rotatable bonds is 6. The van der Waals surface area contributed by atoms with Gasteiger partial charge in [-0.3, -0.25) is 14.2 Å². The molecule has 5 nitrogen and oxygen atoms in total. The highest BCUT2D eigenvalue weighted by atomic mass is 32.2. The van der Waals surface area contributed by atoms with Gasteiger partial charge in [-0.05, 0) is 38.3 Å². The van der Waals surface area contributed by atoms with Crippen molar-refractivity contribution in [1.82, 2.24) is 14.9 Å². The minimum absolute atomic E-state index is 0.00719. The lowest BCUT2D eigenvalue weighted by Gasteiger charge is -2.20. The van der Waals surface area contributed by atoms with Gasteiger partial charge in [0.25, 0.3) is 5.56 Å². The number of nitrogens with zero attached hydrogens (tertiary/aromatic N) is 2. The summed E-state index contributed by atoms with van der Waals surface area (Å²) in [5, 5.41) is 3.95. The predicted octanol–water partition coefficient (Wildman–Crippen LogP) is 3.52. The summed E-state index contributed by atoms with van der Waals surface area (Å²) in [5.74, 6) is -0.00719. The largest absolute Gasteiger partial charge is 0.355 e. The van der Waals surface area contributed by atoms with Crippen molar-refractivity contribution in [2.24, 2.45) is 0 Å². The Kier molecular flexibility index (Phi) is 5.78. The fraction of sp³-hybridized carbons (Fsp3) is 0.526. The third-order valence-electron chi connectivity index (χ3n) is 4.67. The molecule has 1 fully saturated rings. The summed E-state index contributed by atoms with van der Waals surface area (Å²) in [6.45, 7) is 4.57. The van der Waals surface area contributed by atoms with Gasteiger partial charge in [0.15, 0.2) is 5.16 Å². The second-order valence-electron chi connectivity index (χ2n) is 6.58. The topological polar surface area (TPSA) is 64.0 Å². The lowest BCUT2D eigenvalue weighted by atomic mass is 10.2. The first-order chi connectivity index (χ1) is 12.1. The van der Waals surface area contributed by atoms with Crippen LogP contribution in [0.2, 0.25) is 0 Å². The number of nitrogens with one attached hydrogen (secondary N) is 1. The molecule has 0 spiro atoms. The van der Waals surface area contributed by atoms with Crippen LogP contribution in [-0.2, 0) is 4.79 Å². The molecule has 1 heterocycles. The van der Waals surface area contributed by atoms with Crippen LogP contribution in [0.3, 0.4) is 0 Å². The Morgan fingerprint density at radius 2 is 2.08 bits per heavy atom. The van der Waals surface area contributed by atoms with Gasteiger partial charge in [0, 0.05) is 12.6 Å². The van der Waals surface area contributed by atoms with Crippen molar-refractivity contribution in [3.63, 3.8) is 0 Å². The van der Waals surface area contributed by atoms with E-state index in [1.807, 2.05) is 42.7 Å². The molecule has 1 N–H and O–H groups in total. The SMILES string of the molecule is CCCNC(=O)[C@H](C)Sc1nc2ccccc2c(=O)n1C1CCCC1. The van der Waals surface area contributed by atoms with Crippen LogP contribution >= 0.6 is 11.8 Å². The number of hydrogen-bond donors (Lipinski definition) is 1. The van der Waals surface area contributed by atoms with Gasteiger partial charge in [-0.2, -0.15) is 0 Å². The zero-order valence-corrected chi connectivity index (χ0v) is 15.6. The summed E-state index contributed by atoms with van der Waals surface area (Å²) in [7, 11) is 0. The fourth-order valence-electron chi connectivity index (χ4n) is 3.30. The number of benzene rings is 1. The zero-order valence-electron chi connectivity index (χ0n) is 14.8. The van der Waals surface area contributed by atoms with E-state index in [0.717, 1.165) is 32.1 Å². The normalized spacial score (nSPS) is 16.2. The van der Waals surface area contributed by atoms with E-state index >= 15 is 0 Å². The Balaban J connectivity index is 1.98. The van der Waals surface area contributed by atoms with Crippen LogP contribution < -0.4 is 10.9 Å². The Bertz CT molecular complexity index is 812. The predicted molar refractivity (Wildman–Crippen MR) is 102 cm³/mol. The minimum Gasteiger partial charge on any atom is -0.355 e. The van der Waals surface area contributed by atoms with Crippen LogP contribution in [0, 0.1) is 0 Å². The van der Waals surface area contributed by atoms with Gasteiger partial charge in [0.05, 0.1) is 16.2 Å². The summed E-state index contributed by atoms with van der Waals surface area (Å²) in [6, 6.07) is 7.65. The molecule has 1 aliphatic rings. The summed E-state index contributed by atoms with van der Waals surface area (Å²) >= 11 is 1.38. The van der Waals surface area contributed by atoms with Gasteiger partial charge < -0.3 is 5.32 Å². The van der Waals surface area contributed by atoms with Crippen LogP contribution in [0.1, 0.15) is 52.0 Å². The monoisotopic (exact) mass is 359 g/mol. The number of hydrogen-bond acceptors (Lipinski definition) is 4. The quantitative estimate of drug-likeness (QED) is 0.633. The van der Waals surface area contributed by atoms with Gasteiger partial charge >= 0.3 is 0 Å². The van der Waals surface area contributed by atoms with E-state index in [1.54, 1.807) is 0 Å². The molecule has 1 amide bonds. The van der Waals surface area contributed by atoms with Crippen molar-refractivity contribution in [2.75, 3.05) is 6.54 Å². The zero-order chi connectivity index (χ0) is 17.8. The molecule has 1 aromatic carbocycles. The smallest absolute Gasteiger partial charge is 0.262 e. The number of amides is 1. The first kappa shape index (κ1) is 18.0. The molecule has 25 heavy (non-hydrogen) atoms. The van der Waals surface area contributed by atoms with Crippen LogP contribution in [0.4, 0.5) is 0 Å². The van der Waals surface area contributed by atoms with Crippen molar-refractivity contribution in [1.29, 1.82) is 0 Å². The Hall–Kier alpha value is -1.82. The number of aromatic nitrogens is 2. The van der Waals surface area contributed by atoms with Crippen LogP contribution in [-0.4, -0.2) is 27.3 Å². The maximum absolute atomic E-state index is 13.1. The molecule has 0 radical (unpaired) electrons. The van der Waals surface area contributed by atoms with E-state index < -0.39 is 0 Å². The molecular weight excluding hydrogens is 334 g/mol. The number of carbonyl (C=O) groups is 1. The van der Waals surface area contributed by atoms with E-state index in [2.05, 4.69) is 5.32 Å². The first-order valence-corrected chi connectivity index (χ1v) is 9.95. The lowest BCUT2D eigenvalue weighted by molar-refractivity contribution is -0.120. The molecule has 2 aromatic rings. The maximum Gasteiger partial charge on any atom is 0.262 e. The summed E-state index contributed by atoms with van der Waals surface area (Å²) in [5.41, 5.74) is 0.714. The van der Waals surface area contributed by atoms with Gasteiger partial charge in [-0.15, -0.1) is 0 Å². The second kappa shape index (κ2) is 8.04. The highest BCUT2D eigenvalue weighted by Gasteiger charge is 2.25. The van der Waals surface area contributed by atoms with Gasteiger partial charge in [-0.1, -0.05) is 43.7 Å². The van der Waals surface area contributed by atoms with Crippen molar-refractivity contribution in [3.05, 3.63) is 34.6 Å². The lowest BCUT2D eigenvalue weighted by Crippen LogP contribution is -2.33. The van der Waals surface area contributed by atoms with Crippen LogP contribution in [0.5, 0.6) is 0 Å². The second-order valence-corrected chi connectivity index (χ2v) is 7.88. The highest BCUT2D eigenvalue weighted by molar-refractivity contribution is 8.00. The van der Waals surface area contributed by atoms with Gasteiger partial charge in [0.2, 0.25) is 5.91 Å². The Morgan fingerprint density at radius 1 is 1.36 bits per heavy atom. The third-order valence-corrected chi connectivity index (χ3v) is 5.73. The molecule has 134 valence electrons. The number of thioether (sulfide) groups is 1. The average Bonchev–Trinajstić information content (AvgIpc) is 3.14. The minimum atomic E-state index is -0.285. The summed E-state index contributed by atoms with van der Waals surface area (Å²) < 4.78 is 1.84. The van der Waals surface area contributed by atoms with Crippen LogP contribution in [0.25, 0.3) is 10.9 Å². The molecular formula is C19H25N3O2S. The Morgan fingerprint density at radius 3 is 2.80 bits per heavy atom. The van der Waals surface area contributed by atoms with Crippen LogP contribution in [0.15, 0.2) is 34.2 Å². The maximum atomic E-state index is 13.1. The van der Waals surface area contributed by atoms with E-state index in [9.17, 15) is 9.59 Å². The van der Waals surface area contributed by atoms with E-state index in [4.69, 9.17) is 4.98 Å². The molecule has 0 bridgehead atoms. The number of para-hydroxylation sites is 1.